The standard InChI is InChI=1S/C26H26ClN5O3/c1-2-22(33)30-20-13-17(27)7-10-19(20)21-11-12-29-26-23(25(28)34)24(31-32(21)26)16-5-8-18(9-6-16)35-14-15-3-4-15/h2,5-10,13,15,21,29H,1,3-4,11-12,14H2,(H2,28,34)(H,30,33). The molecule has 1 atom stereocenters. The molecule has 2 aromatic carbocycles. The summed E-state index contributed by atoms with van der Waals surface area (Å²) in [4.78, 5) is 24.6. The van der Waals surface area contributed by atoms with Crippen molar-refractivity contribution in [2.75, 3.05) is 23.8 Å². The van der Waals surface area contributed by atoms with E-state index in [1.165, 1.54) is 18.9 Å². The molecule has 1 unspecified atom stereocenters. The van der Waals surface area contributed by atoms with E-state index in [2.05, 4.69) is 17.2 Å². The zero-order valence-corrected chi connectivity index (χ0v) is 19.8. The summed E-state index contributed by atoms with van der Waals surface area (Å²) in [6, 6.07) is 12.6. The zero-order chi connectivity index (χ0) is 24.5. The van der Waals surface area contributed by atoms with Gasteiger partial charge in [0.15, 0.2) is 0 Å². The number of ether oxygens (including phenoxy) is 1. The van der Waals surface area contributed by atoms with Gasteiger partial charge in [-0.15, -0.1) is 0 Å². The summed E-state index contributed by atoms with van der Waals surface area (Å²) in [5, 5.41) is 11.4. The van der Waals surface area contributed by atoms with Gasteiger partial charge < -0.3 is 21.1 Å². The molecular formula is C26H26ClN5O3. The molecule has 35 heavy (non-hydrogen) atoms. The Kier molecular flexibility index (Phi) is 6.21. The van der Waals surface area contributed by atoms with Crippen molar-refractivity contribution in [2.24, 2.45) is 11.7 Å². The summed E-state index contributed by atoms with van der Waals surface area (Å²) >= 11 is 6.21. The van der Waals surface area contributed by atoms with E-state index in [1.807, 2.05) is 30.3 Å². The number of carbonyl (C=O) groups excluding carboxylic acids is 2. The number of hydrogen-bond donors (Lipinski definition) is 3. The lowest BCUT2D eigenvalue weighted by Crippen LogP contribution is -2.27. The molecule has 2 heterocycles. The van der Waals surface area contributed by atoms with Crippen LogP contribution in [0.1, 0.15) is 41.2 Å². The van der Waals surface area contributed by atoms with Crippen molar-refractivity contribution in [1.29, 1.82) is 0 Å². The molecule has 0 radical (unpaired) electrons. The Morgan fingerprint density at radius 3 is 2.69 bits per heavy atom. The number of carbonyl (C=O) groups is 2. The van der Waals surface area contributed by atoms with Crippen molar-refractivity contribution >= 4 is 34.9 Å². The van der Waals surface area contributed by atoms with Gasteiger partial charge in [-0.05, 0) is 67.7 Å². The molecule has 1 aliphatic heterocycles. The number of hydrogen-bond acceptors (Lipinski definition) is 5. The van der Waals surface area contributed by atoms with E-state index < -0.39 is 5.91 Å². The summed E-state index contributed by atoms with van der Waals surface area (Å²) in [6.45, 7) is 4.84. The topological polar surface area (TPSA) is 111 Å². The highest BCUT2D eigenvalue weighted by atomic mass is 35.5. The molecule has 5 rings (SSSR count). The number of aromatic nitrogens is 2. The number of nitrogens with zero attached hydrogens (tertiary/aromatic N) is 2. The Morgan fingerprint density at radius 2 is 2.00 bits per heavy atom. The molecule has 0 bridgehead atoms. The third kappa shape index (κ3) is 4.74. The van der Waals surface area contributed by atoms with Crippen LogP contribution in [0, 0.1) is 5.92 Å². The molecule has 4 N–H and O–H groups in total. The fraction of sp³-hybridized carbons (Fsp3) is 0.269. The van der Waals surface area contributed by atoms with Crippen LogP contribution in [0.25, 0.3) is 11.3 Å². The van der Waals surface area contributed by atoms with Gasteiger partial charge >= 0.3 is 0 Å². The fourth-order valence-corrected chi connectivity index (χ4v) is 4.49. The van der Waals surface area contributed by atoms with Gasteiger partial charge in [-0.3, -0.25) is 9.59 Å². The Hall–Kier alpha value is -3.78. The van der Waals surface area contributed by atoms with E-state index in [4.69, 9.17) is 27.2 Å². The number of nitrogens with two attached hydrogens (primary N) is 1. The molecule has 2 amide bonds. The number of anilines is 2. The van der Waals surface area contributed by atoms with Crippen molar-refractivity contribution in [2.45, 2.75) is 25.3 Å². The van der Waals surface area contributed by atoms with Gasteiger partial charge in [0, 0.05) is 28.4 Å². The second-order valence-corrected chi connectivity index (χ2v) is 9.25. The smallest absolute Gasteiger partial charge is 0.254 e. The van der Waals surface area contributed by atoms with Crippen LogP contribution in [0.15, 0.2) is 55.1 Å². The van der Waals surface area contributed by atoms with Gasteiger partial charge in [-0.1, -0.05) is 24.2 Å². The molecule has 0 saturated heterocycles. The van der Waals surface area contributed by atoms with Gasteiger partial charge in [-0.25, -0.2) is 4.68 Å². The maximum Gasteiger partial charge on any atom is 0.254 e. The van der Waals surface area contributed by atoms with Crippen LogP contribution in [-0.2, 0) is 4.79 Å². The summed E-state index contributed by atoms with van der Waals surface area (Å²) in [5.41, 5.74) is 8.78. The number of fused-ring (bicyclic) bond motifs is 1. The zero-order valence-electron chi connectivity index (χ0n) is 19.1. The van der Waals surface area contributed by atoms with Crippen LogP contribution in [0.2, 0.25) is 5.02 Å². The van der Waals surface area contributed by atoms with Crippen LogP contribution in [0.3, 0.4) is 0 Å². The predicted molar refractivity (Wildman–Crippen MR) is 136 cm³/mol. The number of benzene rings is 2. The maximum atomic E-state index is 12.5. The fourth-order valence-electron chi connectivity index (χ4n) is 4.32. The average molecular weight is 492 g/mol. The lowest BCUT2D eigenvalue weighted by molar-refractivity contribution is -0.111. The Morgan fingerprint density at radius 1 is 1.23 bits per heavy atom. The first-order chi connectivity index (χ1) is 16.9. The van der Waals surface area contributed by atoms with Crippen LogP contribution in [-0.4, -0.2) is 34.7 Å². The van der Waals surface area contributed by atoms with E-state index in [0.29, 0.717) is 46.7 Å². The first-order valence-electron chi connectivity index (χ1n) is 11.6. The normalized spacial score (nSPS) is 16.7. The molecule has 1 saturated carbocycles. The number of halogens is 1. The van der Waals surface area contributed by atoms with Crippen molar-refractivity contribution in [1.82, 2.24) is 9.78 Å². The first-order valence-corrected chi connectivity index (χ1v) is 11.9. The SMILES string of the molecule is C=CC(=O)Nc1cc(Cl)ccc1C1CCNc2c(C(N)=O)c(-c3ccc(OCC4CC4)cc3)nn21. The van der Waals surface area contributed by atoms with Gasteiger partial charge in [0.05, 0.1) is 12.6 Å². The Labute approximate surface area is 208 Å². The molecule has 2 aliphatic rings. The largest absolute Gasteiger partial charge is 0.493 e. The number of primary amides is 1. The highest BCUT2D eigenvalue weighted by Crippen LogP contribution is 2.39. The predicted octanol–water partition coefficient (Wildman–Crippen LogP) is 4.62. The molecule has 8 nitrogen and oxygen atoms in total. The monoisotopic (exact) mass is 491 g/mol. The molecule has 0 spiro atoms. The Bertz CT molecular complexity index is 1300. The first kappa shape index (κ1) is 23.0. The minimum atomic E-state index is -0.570. The lowest BCUT2D eigenvalue weighted by Gasteiger charge is -2.28. The van der Waals surface area contributed by atoms with Crippen LogP contribution < -0.4 is 21.1 Å². The van der Waals surface area contributed by atoms with Crippen molar-refractivity contribution < 1.29 is 14.3 Å². The van der Waals surface area contributed by atoms with Gasteiger partial charge in [0.25, 0.3) is 5.91 Å². The highest BCUT2D eigenvalue weighted by Gasteiger charge is 2.32. The van der Waals surface area contributed by atoms with E-state index in [-0.39, 0.29) is 11.9 Å². The van der Waals surface area contributed by atoms with E-state index in [0.717, 1.165) is 23.5 Å². The summed E-state index contributed by atoms with van der Waals surface area (Å²) < 4.78 is 7.60. The van der Waals surface area contributed by atoms with Crippen molar-refractivity contribution in [3.63, 3.8) is 0 Å². The summed E-state index contributed by atoms with van der Waals surface area (Å²) in [6.07, 6.45) is 4.33. The van der Waals surface area contributed by atoms with Crippen molar-refractivity contribution in [3.05, 3.63) is 71.3 Å². The summed E-state index contributed by atoms with van der Waals surface area (Å²) in [5.74, 6) is 1.08. The molecular weight excluding hydrogens is 466 g/mol. The number of nitrogens with one attached hydrogen (secondary N) is 2. The number of amides is 2. The molecule has 1 aliphatic carbocycles. The van der Waals surface area contributed by atoms with Gasteiger partial charge in [0.1, 0.15) is 22.8 Å². The second-order valence-electron chi connectivity index (χ2n) is 8.82. The quantitative estimate of drug-likeness (QED) is 0.398. The minimum absolute atomic E-state index is 0.253. The third-order valence-corrected chi connectivity index (χ3v) is 6.53. The van der Waals surface area contributed by atoms with E-state index >= 15 is 0 Å². The van der Waals surface area contributed by atoms with Gasteiger partial charge in [-0.2, -0.15) is 5.10 Å². The highest BCUT2D eigenvalue weighted by molar-refractivity contribution is 6.31. The minimum Gasteiger partial charge on any atom is -0.493 e. The van der Waals surface area contributed by atoms with Crippen LogP contribution in [0.4, 0.5) is 11.5 Å². The average Bonchev–Trinajstić information content (AvgIpc) is 3.60. The lowest BCUT2D eigenvalue weighted by atomic mass is 9.99. The van der Waals surface area contributed by atoms with Crippen LogP contribution in [0.5, 0.6) is 5.75 Å². The van der Waals surface area contributed by atoms with E-state index in [9.17, 15) is 9.59 Å². The molecule has 3 aromatic rings. The molecule has 180 valence electrons. The Balaban J connectivity index is 1.53. The molecule has 9 heteroatoms. The molecule has 1 aromatic heterocycles. The number of rotatable bonds is 8. The van der Waals surface area contributed by atoms with E-state index in [1.54, 1.807) is 16.8 Å². The molecule has 1 fully saturated rings. The van der Waals surface area contributed by atoms with Crippen molar-refractivity contribution in [3.8, 4) is 17.0 Å². The maximum absolute atomic E-state index is 12.5. The summed E-state index contributed by atoms with van der Waals surface area (Å²) in [7, 11) is 0. The van der Waals surface area contributed by atoms with Crippen LogP contribution >= 0.6 is 11.6 Å². The second kappa shape index (κ2) is 9.46. The van der Waals surface area contributed by atoms with Gasteiger partial charge in [0.2, 0.25) is 5.91 Å². The third-order valence-electron chi connectivity index (χ3n) is 6.29.